The predicted molar refractivity (Wildman–Crippen MR) is 79.4 cm³/mol. The molecule has 1 atom stereocenters. The fourth-order valence-corrected chi connectivity index (χ4v) is 2.45. The van der Waals surface area contributed by atoms with Crippen LogP contribution < -0.4 is 0 Å². The molecule has 1 amide bonds. The van der Waals surface area contributed by atoms with E-state index in [1.165, 1.54) is 0 Å². The quantitative estimate of drug-likeness (QED) is 0.838. The normalized spacial score (nSPS) is 17.8. The van der Waals surface area contributed by atoms with Crippen molar-refractivity contribution in [2.75, 3.05) is 19.7 Å². The Bertz CT molecular complexity index is 554. The molecule has 0 bridgehead atoms. The smallest absolute Gasteiger partial charge is 0.255 e. The molecule has 1 fully saturated rings. The van der Waals surface area contributed by atoms with Crippen LogP contribution in [0.2, 0.25) is 0 Å². The van der Waals surface area contributed by atoms with Gasteiger partial charge in [-0.25, -0.2) is 0 Å². The van der Waals surface area contributed by atoms with Crippen molar-refractivity contribution in [3.05, 3.63) is 34.9 Å². The minimum Gasteiger partial charge on any atom is -0.395 e. The molecule has 0 aromatic heterocycles. The Morgan fingerprint density at radius 3 is 2.95 bits per heavy atom. The summed E-state index contributed by atoms with van der Waals surface area (Å²) in [5.41, 5.74) is 2.53. The fourth-order valence-electron chi connectivity index (χ4n) is 2.45. The van der Waals surface area contributed by atoms with Crippen molar-refractivity contribution >= 4 is 5.91 Å². The molecule has 1 unspecified atom stereocenters. The standard InChI is InChI=1S/C17H21NO2/c1-13-6-7-16(15(11-13)5-3-4-10-19)17(20)18-9-8-14(2)12-18/h6-7,11,14,19H,4,8-10,12H2,1-2H3. The number of nitrogens with zero attached hydrogens (tertiary/aromatic N) is 1. The number of hydrogen-bond donors (Lipinski definition) is 1. The van der Waals surface area contributed by atoms with Crippen LogP contribution in [0.15, 0.2) is 18.2 Å². The summed E-state index contributed by atoms with van der Waals surface area (Å²) in [7, 11) is 0. The lowest BCUT2D eigenvalue weighted by Crippen LogP contribution is -2.29. The fraction of sp³-hybridized carbons (Fsp3) is 0.471. The van der Waals surface area contributed by atoms with Crippen LogP contribution in [-0.4, -0.2) is 35.6 Å². The first-order chi connectivity index (χ1) is 9.61. The number of aryl methyl sites for hydroxylation is 1. The van der Waals surface area contributed by atoms with E-state index >= 15 is 0 Å². The van der Waals surface area contributed by atoms with Crippen LogP contribution in [0.1, 0.15) is 41.3 Å². The second kappa shape index (κ2) is 6.58. The molecular weight excluding hydrogens is 250 g/mol. The topological polar surface area (TPSA) is 40.5 Å². The molecule has 1 aromatic carbocycles. The number of carbonyl (C=O) groups is 1. The minimum atomic E-state index is 0.0474. The van der Waals surface area contributed by atoms with E-state index in [9.17, 15) is 4.79 Å². The van der Waals surface area contributed by atoms with Crippen molar-refractivity contribution in [1.29, 1.82) is 0 Å². The van der Waals surface area contributed by atoms with E-state index in [1.54, 1.807) is 0 Å². The van der Waals surface area contributed by atoms with Gasteiger partial charge in [-0.1, -0.05) is 24.8 Å². The molecule has 20 heavy (non-hydrogen) atoms. The first-order valence-electron chi connectivity index (χ1n) is 7.11. The van der Waals surface area contributed by atoms with Gasteiger partial charge in [-0.2, -0.15) is 0 Å². The Balaban J connectivity index is 2.26. The van der Waals surface area contributed by atoms with Gasteiger partial charge in [0.25, 0.3) is 5.91 Å². The molecule has 2 rings (SSSR count). The summed E-state index contributed by atoms with van der Waals surface area (Å²) in [5.74, 6) is 6.56. The minimum absolute atomic E-state index is 0.0474. The van der Waals surface area contributed by atoms with E-state index in [-0.39, 0.29) is 12.5 Å². The number of aliphatic hydroxyl groups is 1. The highest BCUT2D eigenvalue weighted by Gasteiger charge is 2.25. The first-order valence-corrected chi connectivity index (χ1v) is 7.11. The van der Waals surface area contributed by atoms with E-state index in [0.717, 1.165) is 30.6 Å². The van der Waals surface area contributed by atoms with Crippen LogP contribution in [0.5, 0.6) is 0 Å². The van der Waals surface area contributed by atoms with Gasteiger partial charge < -0.3 is 10.0 Å². The Kier molecular flexibility index (Phi) is 4.81. The maximum atomic E-state index is 12.6. The van der Waals surface area contributed by atoms with Crippen LogP contribution in [0.25, 0.3) is 0 Å². The van der Waals surface area contributed by atoms with Crippen LogP contribution >= 0.6 is 0 Å². The molecule has 1 aliphatic rings. The summed E-state index contributed by atoms with van der Waals surface area (Å²) < 4.78 is 0. The zero-order valence-electron chi connectivity index (χ0n) is 12.1. The Hall–Kier alpha value is -1.79. The number of carbonyl (C=O) groups excluding carboxylic acids is 1. The number of rotatable bonds is 2. The summed E-state index contributed by atoms with van der Waals surface area (Å²) in [6.45, 7) is 5.87. The molecule has 3 nitrogen and oxygen atoms in total. The Labute approximate surface area is 120 Å². The number of benzene rings is 1. The third-order valence-electron chi connectivity index (χ3n) is 3.58. The van der Waals surface area contributed by atoms with Crippen molar-refractivity contribution in [3.63, 3.8) is 0 Å². The molecule has 0 aliphatic carbocycles. The molecular formula is C17H21NO2. The summed E-state index contributed by atoms with van der Waals surface area (Å²) in [4.78, 5) is 14.5. The van der Waals surface area contributed by atoms with Gasteiger partial charge in [0.15, 0.2) is 0 Å². The van der Waals surface area contributed by atoms with E-state index < -0.39 is 0 Å². The first kappa shape index (κ1) is 14.6. The monoisotopic (exact) mass is 271 g/mol. The van der Waals surface area contributed by atoms with Gasteiger partial charge in [0.1, 0.15) is 0 Å². The van der Waals surface area contributed by atoms with Gasteiger partial charge in [-0.15, -0.1) is 0 Å². The Morgan fingerprint density at radius 2 is 2.30 bits per heavy atom. The third-order valence-corrected chi connectivity index (χ3v) is 3.58. The summed E-state index contributed by atoms with van der Waals surface area (Å²) >= 11 is 0. The average molecular weight is 271 g/mol. The average Bonchev–Trinajstić information content (AvgIpc) is 2.85. The van der Waals surface area contributed by atoms with E-state index in [2.05, 4.69) is 18.8 Å². The van der Waals surface area contributed by atoms with Crippen LogP contribution in [-0.2, 0) is 0 Å². The van der Waals surface area contributed by atoms with Crippen LogP contribution in [0.4, 0.5) is 0 Å². The van der Waals surface area contributed by atoms with Gasteiger partial charge in [0.2, 0.25) is 0 Å². The van der Waals surface area contributed by atoms with Crippen molar-refractivity contribution in [1.82, 2.24) is 4.90 Å². The van der Waals surface area contributed by atoms with Gasteiger partial charge in [-0.3, -0.25) is 4.79 Å². The Morgan fingerprint density at radius 1 is 1.50 bits per heavy atom. The van der Waals surface area contributed by atoms with Crippen molar-refractivity contribution in [2.45, 2.75) is 26.7 Å². The van der Waals surface area contributed by atoms with Crippen molar-refractivity contribution < 1.29 is 9.90 Å². The van der Waals surface area contributed by atoms with Crippen LogP contribution in [0, 0.1) is 24.7 Å². The molecule has 3 heteroatoms. The largest absolute Gasteiger partial charge is 0.395 e. The molecule has 1 N–H and O–H groups in total. The lowest BCUT2D eigenvalue weighted by molar-refractivity contribution is 0.0788. The predicted octanol–water partition coefficient (Wildman–Crippen LogP) is 2.21. The lowest BCUT2D eigenvalue weighted by Gasteiger charge is -2.17. The van der Waals surface area contributed by atoms with E-state index in [4.69, 9.17) is 5.11 Å². The second-order valence-corrected chi connectivity index (χ2v) is 5.47. The highest BCUT2D eigenvalue weighted by atomic mass is 16.2. The number of aliphatic hydroxyl groups excluding tert-OH is 1. The van der Waals surface area contributed by atoms with E-state index in [0.29, 0.717) is 17.9 Å². The highest BCUT2D eigenvalue weighted by Crippen LogP contribution is 2.20. The third kappa shape index (κ3) is 3.40. The van der Waals surface area contributed by atoms with Crippen LogP contribution in [0.3, 0.4) is 0 Å². The number of likely N-dealkylation sites (tertiary alicyclic amines) is 1. The second-order valence-electron chi connectivity index (χ2n) is 5.47. The molecule has 1 aliphatic heterocycles. The van der Waals surface area contributed by atoms with Gasteiger partial charge in [-0.05, 0) is 37.0 Å². The number of hydrogen-bond acceptors (Lipinski definition) is 2. The molecule has 106 valence electrons. The lowest BCUT2D eigenvalue weighted by atomic mass is 10.0. The molecule has 1 heterocycles. The molecule has 0 saturated carbocycles. The maximum Gasteiger partial charge on any atom is 0.255 e. The SMILES string of the molecule is Cc1ccc(C(=O)N2CCC(C)C2)c(C#CCCO)c1. The zero-order valence-corrected chi connectivity index (χ0v) is 12.1. The summed E-state index contributed by atoms with van der Waals surface area (Å²) in [6.07, 6.45) is 1.51. The molecule has 0 spiro atoms. The van der Waals surface area contributed by atoms with Gasteiger partial charge in [0.05, 0.1) is 12.2 Å². The van der Waals surface area contributed by atoms with E-state index in [1.807, 2.05) is 30.0 Å². The summed E-state index contributed by atoms with van der Waals surface area (Å²) in [5, 5.41) is 8.80. The molecule has 0 radical (unpaired) electrons. The molecule has 1 saturated heterocycles. The van der Waals surface area contributed by atoms with Crippen molar-refractivity contribution in [2.24, 2.45) is 5.92 Å². The highest BCUT2D eigenvalue weighted by molar-refractivity contribution is 5.97. The van der Waals surface area contributed by atoms with Gasteiger partial charge in [0, 0.05) is 25.1 Å². The number of amides is 1. The molecule has 1 aromatic rings. The zero-order chi connectivity index (χ0) is 14.5. The summed E-state index contributed by atoms with van der Waals surface area (Å²) in [6, 6.07) is 5.75. The maximum absolute atomic E-state index is 12.6. The van der Waals surface area contributed by atoms with Crippen molar-refractivity contribution in [3.8, 4) is 11.8 Å². The van der Waals surface area contributed by atoms with Gasteiger partial charge >= 0.3 is 0 Å².